The molecule has 7 heteroatoms. The first-order valence-electron chi connectivity index (χ1n) is 12.4. The molecule has 2 aromatic carbocycles. The molecule has 0 aliphatic heterocycles. The molecule has 35 heavy (non-hydrogen) atoms. The van der Waals surface area contributed by atoms with E-state index in [2.05, 4.69) is 47.6 Å². The van der Waals surface area contributed by atoms with Gasteiger partial charge in [-0.1, -0.05) is 44.2 Å². The number of carbonyl (C=O) groups excluding carboxylic acids is 1. The van der Waals surface area contributed by atoms with Gasteiger partial charge in [0.2, 0.25) is 5.89 Å². The summed E-state index contributed by atoms with van der Waals surface area (Å²) in [6.07, 6.45) is 4.97. The van der Waals surface area contributed by atoms with Crippen molar-refractivity contribution in [3.8, 4) is 17.3 Å². The topological polar surface area (TPSA) is 85.8 Å². The van der Waals surface area contributed by atoms with Crippen molar-refractivity contribution in [3.63, 3.8) is 0 Å². The number of fused-ring (bicyclic) bond motifs is 1. The van der Waals surface area contributed by atoms with Gasteiger partial charge in [-0.2, -0.15) is 5.10 Å². The van der Waals surface area contributed by atoms with E-state index in [4.69, 9.17) is 9.52 Å². The summed E-state index contributed by atoms with van der Waals surface area (Å²) in [5.41, 5.74) is 5.69. The van der Waals surface area contributed by atoms with Gasteiger partial charge in [0, 0.05) is 18.2 Å². The normalized spacial score (nSPS) is 15.3. The van der Waals surface area contributed by atoms with Gasteiger partial charge in [0.05, 0.1) is 11.7 Å². The van der Waals surface area contributed by atoms with Crippen LogP contribution >= 0.6 is 0 Å². The zero-order chi connectivity index (χ0) is 24.4. The molecule has 0 bridgehead atoms. The zero-order valence-corrected chi connectivity index (χ0v) is 20.5. The third kappa shape index (κ3) is 5.04. The Kier molecular flexibility index (Phi) is 6.49. The predicted octanol–water partition coefficient (Wildman–Crippen LogP) is 5.63. The van der Waals surface area contributed by atoms with E-state index in [0.29, 0.717) is 29.0 Å². The lowest BCUT2D eigenvalue weighted by atomic mass is 9.87. The number of nitrogens with zero attached hydrogens (tertiary/aromatic N) is 4. The molecule has 1 aliphatic rings. The molecule has 1 amide bonds. The summed E-state index contributed by atoms with van der Waals surface area (Å²) in [6.45, 7) is 6.18. The summed E-state index contributed by atoms with van der Waals surface area (Å²) < 4.78 is 7.51. The first kappa shape index (κ1) is 23.0. The maximum Gasteiger partial charge on any atom is 0.268 e. The Balaban J connectivity index is 1.43. The van der Waals surface area contributed by atoms with Crippen molar-refractivity contribution in [2.45, 2.75) is 58.9 Å². The number of carbonyl (C=O) groups is 1. The number of aromatic nitrogens is 4. The molecule has 2 heterocycles. The summed E-state index contributed by atoms with van der Waals surface area (Å²) in [5.74, 6) is 1.39. The third-order valence-corrected chi connectivity index (χ3v) is 6.53. The smallest absolute Gasteiger partial charge is 0.268 e. The van der Waals surface area contributed by atoms with E-state index in [1.54, 1.807) is 6.92 Å². The molecular weight excluding hydrogens is 438 g/mol. The van der Waals surface area contributed by atoms with Crippen LogP contribution in [0.3, 0.4) is 0 Å². The van der Waals surface area contributed by atoms with Crippen molar-refractivity contribution >= 4 is 5.91 Å². The van der Waals surface area contributed by atoms with E-state index in [0.717, 1.165) is 43.5 Å². The molecular formula is C28H31N5O2. The number of hydrogen-bond acceptors (Lipinski definition) is 5. The highest BCUT2D eigenvalue weighted by Gasteiger charge is 2.22. The Bertz CT molecular complexity index is 1340. The van der Waals surface area contributed by atoms with Crippen LogP contribution < -0.4 is 5.32 Å². The van der Waals surface area contributed by atoms with E-state index >= 15 is 0 Å². The van der Waals surface area contributed by atoms with Gasteiger partial charge in [0.25, 0.3) is 11.8 Å². The Hall–Kier alpha value is -3.74. The molecule has 0 saturated heterocycles. The Labute approximate surface area is 205 Å². The molecule has 0 radical (unpaired) electrons. The van der Waals surface area contributed by atoms with E-state index in [1.165, 1.54) is 11.1 Å². The number of hydrogen-bond donors (Lipinski definition) is 1. The Morgan fingerprint density at radius 2 is 2.00 bits per heavy atom. The fourth-order valence-corrected chi connectivity index (χ4v) is 4.69. The number of rotatable bonds is 7. The number of benzene rings is 2. The molecule has 0 saturated carbocycles. The molecule has 0 unspecified atom stereocenters. The van der Waals surface area contributed by atoms with Crippen LogP contribution in [0.25, 0.3) is 17.3 Å². The van der Waals surface area contributed by atoms with Crippen LogP contribution in [0, 0.1) is 12.8 Å². The highest BCUT2D eigenvalue weighted by molar-refractivity contribution is 5.95. The van der Waals surface area contributed by atoms with Crippen molar-refractivity contribution in [3.05, 3.63) is 82.9 Å². The van der Waals surface area contributed by atoms with Gasteiger partial charge in [-0.05, 0) is 73.4 Å². The fraction of sp³-hybridized carbons (Fsp3) is 0.357. The van der Waals surface area contributed by atoms with E-state index in [9.17, 15) is 4.79 Å². The van der Waals surface area contributed by atoms with Gasteiger partial charge in [0.15, 0.2) is 0 Å². The lowest BCUT2D eigenvalue weighted by Gasteiger charge is -2.26. The Morgan fingerprint density at radius 1 is 1.14 bits per heavy atom. The molecule has 180 valence electrons. The molecule has 5 rings (SSSR count). The highest BCUT2D eigenvalue weighted by atomic mass is 16.4. The summed E-state index contributed by atoms with van der Waals surface area (Å²) in [6, 6.07) is 18.1. The first-order chi connectivity index (χ1) is 17.0. The van der Waals surface area contributed by atoms with Crippen molar-refractivity contribution in [2.75, 3.05) is 0 Å². The quantitative estimate of drug-likeness (QED) is 0.379. The largest absolute Gasteiger partial charge is 0.420 e. The van der Waals surface area contributed by atoms with Crippen molar-refractivity contribution in [1.29, 1.82) is 0 Å². The van der Waals surface area contributed by atoms with Crippen LogP contribution in [0.4, 0.5) is 0 Å². The minimum atomic E-state index is -0.0720. The van der Waals surface area contributed by atoms with Crippen LogP contribution in [0.5, 0.6) is 0 Å². The van der Waals surface area contributed by atoms with Gasteiger partial charge in [-0.25, -0.2) is 4.68 Å². The van der Waals surface area contributed by atoms with Crippen molar-refractivity contribution in [2.24, 2.45) is 5.92 Å². The second-order valence-corrected chi connectivity index (χ2v) is 9.66. The van der Waals surface area contributed by atoms with E-state index < -0.39 is 0 Å². The van der Waals surface area contributed by atoms with Crippen LogP contribution in [-0.2, 0) is 12.8 Å². The number of aryl methyl sites for hydroxylation is 3. The van der Waals surface area contributed by atoms with Crippen LogP contribution in [-0.4, -0.2) is 25.9 Å². The fourth-order valence-electron chi connectivity index (χ4n) is 4.69. The van der Waals surface area contributed by atoms with Gasteiger partial charge >= 0.3 is 0 Å². The van der Waals surface area contributed by atoms with Gasteiger partial charge in [-0.3, -0.25) is 4.79 Å². The molecule has 0 spiro atoms. The maximum atomic E-state index is 13.3. The standard InChI is InChI=1S/C28H31N5O2/c1-18(2)14-15-23-17-26(28-31-30-19(3)35-28)32-33(23)22-11-6-10-21(16-22)27(34)29-25-13-7-9-20-8-4-5-12-24(20)25/h4-6,8,10-12,16-18,25H,7,9,13-15H2,1-3H3,(H,29,34)/t25-/m1/s1. The molecule has 1 N–H and O–H groups in total. The summed E-state index contributed by atoms with van der Waals surface area (Å²) in [7, 11) is 0. The summed E-state index contributed by atoms with van der Waals surface area (Å²) in [5, 5.41) is 16.1. The minimum Gasteiger partial charge on any atom is -0.420 e. The first-order valence-corrected chi connectivity index (χ1v) is 12.4. The van der Waals surface area contributed by atoms with Crippen LogP contribution in [0.1, 0.15) is 72.2 Å². The SMILES string of the molecule is Cc1nnc(-c2cc(CCC(C)C)n(-c3cccc(C(=O)N[C@@H]4CCCc5ccccc54)c3)n2)o1. The maximum absolute atomic E-state index is 13.3. The number of nitrogens with one attached hydrogen (secondary N) is 1. The second-order valence-electron chi connectivity index (χ2n) is 9.66. The molecule has 4 aromatic rings. The van der Waals surface area contributed by atoms with Crippen LogP contribution in [0.2, 0.25) is 0 Å². The molecule has 0 fully saturated rings. The van der Waals surface area contributed by atoms with E-state index in [1.807, 2.05) is 41.1 Å². The van der Waals surface area contributed by atoms with Gasteiger partial charge < -0.3 is 9.73 Å². The molecule has 1 aliphatic carbocycles. The Morgan fingerprint density at radius 3 is 2.80 bits per heavy atom. The average Bonchev–Trinajstić information content (AvgIpc) is 3.49. The van der Waals surface area contributed by atoms with Crippen molar-refractivity contribution in [1.82, 2.24) is 25.3 Å². The molecule has 7 nitrogen and oxygen atoms in total. The lowest BCUT2D eigenvalue weighted by Crippen LogP contribution is -2.31. The zero-order valence-electron chi connectivity index (χ0n) is 20.5. The monoisotopic (exact) mass is 469 g/mol. The van der Waals surface area contributed by atoms with Gasteiger partial charge in [0.1, 0.15) is 5.69 Å². The number of amides is 1. The van der Waals surface area contributed by atoms with Crippen molar-refractivity contribution < 1.29 is 9.21 Å². The third-order valence-electron chi connectivity index (χ3n) is 6.53. The highest BCUT2D eigenvalue weighted by Crippen LogP contribution is 2.30. The van der Waals surface area contributed by atoms with E-state index in [-0.39, 0.29) is 11.9 Å². The minimum absolute atomic E-state index is 0.0368. The summed E-state index contributed by atoms with van der Waals surface area (Å²) in [4.78, 5) is 13.3. The van der Waals surface area contributed by atoms with Gasteiger partial charge in [-0.15, -0.1) is 10.2 Å². The summed E-state index contributed by atoms with van der Waals surface area (Å²) >= 11 is 0. The lowest BCUT2D eigenvalue weighted by molar-refractivity contribution is 0.0932. The predicted molar refractivity (Wildman–Crippen MR) is 134 cm³/mol. The second kappa shape index (κ2) is 9.86. The average molecular weight is 470 g/mol. The molecule has 1 atom stereocenters. The van der Waals surface area contributed by atoms with Crippen LogP contribution in [0.15, 0.2) is 59.0 Å². The molecule has 2 aromatic heterocycles.